The summed E-state index contributed by atoms with van der Waals surface area (Å²) >= 11 is 0. The van der Waals surface area contributed by atoms with Crippen LogP contribution in [0.15, 0.2) is 42.5 Å². The van der Waals surface area contributed by atoms with Crippen LogP contribution in [0.1, 0.15) is 99.2 Å². The maximum Gasteiger partial charge on any atom is 0.162 e. The van der Waals surface area contributed by atoms with Crippen molar-refractivity contribution in [3.63, 3.8) is 0 Å². The highest BCUT2D eigenvalue weighted by Crippen LogP contribution is 2.55. The summed E-state index contributed by atoms with van der Waals surface area (Å²) in [5, 5.41) is 0. The number of halogens is 1. The monoisotopic (exact) mass is 449 g/mol. The second kappa shape index (κ2) is 9.33. The number of hydrogen-bond donors (Lipinski definition) is 0. The zero-order chi connectivity index (χ0) is 23.8. The normalized spacial score (nSPS) is 26.8. The van der Waals surface area contributed by atoms with Crippen molar-refractivity contribution in [3.8, 4) is 0 Å². The van der Waals surface area contributed by atoms with Gasteiger partial charge in [0.1, 0.15) is 5.82 Å². The summed E-state index contributed by atoms with van der Waals surface area (Å²) in [6, 6.07) is 13.2. The third kappa shape index (κ3) is 4.54. The van der Waals surface area contributed by atoms with Crippen LogP contribution < -0.4 is 0 Å². The Bertz CT molecular complexity index is 997. The molecule has 3 heteroatoms. The van der Waals surface area contributed by atoms with E-state index >= 15 is 0 Å². The SMILES string of the molecule is CC(C)c1ccc2c(c1)CCC1C2(C)CCCC1(C)N(C)CCCC(=O)c1ccc(F)cc1. The van der Waals surface area contributed by atoms with E-state index in [4.69, 9.17) is 0 Å². The van der Waals surface area contributed by atoms with Gasteiger partial charge in [0.15, 0.2) is 5.78 Å². The van der Waals surface area contributed by atoms with Gasteiger partial charge in [-0.3, -0.25) is 4.79 Å². The summed E-state index contributed by atoms with van der Waals surface area (Å²) in [5.41, 5.74) is 5.57. The molecule has 3 atom stereocenters. The molecule has 0 N–H and O–H groups in total. The molecular weight excluding hydrogens is 409 g/mol. The van der Waals surface area contributed by atoms with Crippen molar-refractivity contribution in [2.45, 2.75) is 89.5 Å². The minimum Gasteiger partial charge on any atom is -0.301 e. The number of aryl methyl sites for hydroxylation is 1. The van der Waals surface area contributed by atoms with Crippen molar-refractivity contribution < 1.29 is 9.18 Å². The molecule has 0 heterocycles. The van der Waals surface area contributed by atoms with Crippen molar-refractivity contribution in [1.82, 2.24) is 4.90 Å². The number of nitrogens with zero attached hydrogens (tertiary/aromatic N) is 1. The van der Waals surface area contributed by atoms with Gasteiger partial charge >= 0.3 is 0 Å². The smallest absolute Gasteiger partial charge is 0.162 e. The van der Waals surface area contributed by atoms with E-state index in [1.54, 1.807) is 23.3 Å². The molecule has 2 aliphatic carbocycles. The van der Waals surface area contributed by atoms with Crippen molar-refractivity contribution in [2.75, 3.05) is 13.6 Å². The molecule has 0 aliphatic heterocycles. The first kappa shape index (κ1) is 24.1. The Hall–Kier alpha value is -2.00. The predicted octanol–water partition coefficient (Wildman–Crippen LogP) is 7.31. The van der Waals surface area contributed by atoms with Crippen LogP contribution in [0, 0.1) is 11.7 Å². The van der Waals surface area contributed by atoms with Crippen LogP contribution in [0.25, 0.3) is 0 Å². The summed E-state index contributed by atoms with van der Waals surface area (Å²) in [6.07, 6.45) is 7.47. The van der Waals surface area contributed by atoms with E-state index in [1.165, 1.54) is 49.8 Å². The van der Waals surface area contributed by atoms with Gasteiger partial charge in [-0.2, -0.15) is 0 Å². The van der Waals surface area contributed by atoms with E-state index in [9.17, 15) is 9.18 Å². The van der Waals surface area contributed by atoms with E-state index in [0.717, 1.165) is 13.0 Å². The Morgan fingerprint density at radius 3 is 2.55 bits per heavy atom. The fraction of sp³-hybridized carbons (Fsp3) is 0.567. The van der Waals surface area contributed by atoms with Gasteiger partial charge in [-0.1, -0.05) is 45.4 Å². The molecule has 0 amide bonds. The number of rotatable bonds is 7. The van der Waals surface area contributed by atoms with E-state index in [1.807, 2.05) is 0 Å². The summed E-state index contributed by atoms with van der Waals surface area (Å²) in [6.45, 7) is 10.4. The number of carbonyl (C=O) groups is 1. The highest BCUT2D eigenvalue weighted by molar-refractivity contribution is 5.95. The van der Waals surface area contributed by atoms with Crippen molar-refractivity contribution >= 4 is 5.78 Å². The second-order valence-corrected chi connectivity index (χ2v) is 11.2. The van der Waals surface area contributed by atoms with Crippen LogP contribution in [-0.2, 0) is 11.8 Å². The first-order valence-corrected chi connectivity index (χ1v) is 12.8. The molecule has 3 unspecified atom stereocenters. The number of ketones is 1. The molecule has 0 radical (unpaired) electrons. The average Bonchev–Trinajstić information content (AvgIpc) is 2.78. The Balaban J connectivity index is 1.46. The molecule has 4 rings (SSSR count). The van der Waals surface area contributed by atoms with Crippen LogP contribution in [0.5, 0.6) is 0 Å². The topological polar surface area (TPSA) is 20.3 Å². The molecule has 2 aromatic rings. The molecule has 0 bridgehead atoms. The molecule has 1 saturated carbocycles. The summed E-state index contributed by atoms with van der Waals surface area (Å²) in [5.74, 6) is 0.999. The zero-order valence-corrected chi connectivity index (χ0v) is 21.1. The highest BCUT2D eigenvalue weighted by Gasteiger charge is 2.53. The lowest BCUT2D eigenvalue weighted by Gasteiger charge is -2.58. The molecule has 2 nitrogen and oxygen atoms in total. The quantitative estimate of drug-likeness (QED) is 0.413. The lowest BCUT2D eigenvalue weighted by atomic mass is 9.52. The molecular formula is C30H40FNO. The maximum atomic E-state index is 13.2. The third-order valence-corrected chi connectivity index (χ3v) is 8.95. The molecule has 0 saturated heterocycles. The zero-order valence-electron chi connectivity index (χ0n) is 21.1. The van der Waals surface area contributed by atoms with Crippen LogP contribution >= 0.6 is 0 Å². The predicted molar refractivity (Wildman–Crippen MR) is 135 cm³/mol. The standard InChI is InChI=1S/C30H40FNO/c1-21(2)23-11-15-26-24(20-23)12-16-28-29(26,3)17-7-18-30(28,4)32(5)19-6-8-27(33)22-9-13-25(31)14-10-22/h9-11,13-15,20-21,28H,6-8,12,16-19H2,1-5H3. The van der Waals surface area contributed by atoms with Crippen LogP contribution in [0.3, 0.4) is 0 Å². The number of fused-ring (bicyclic) bond motifs is 3. The molecule has 2 aliphatic rings. The minimum atomic E-state index is -0.297. The van der Waals surface area contributed by atoms with E-state index < -0.39 is 0 Å². The van der Waals surface area contributed by atoms with Gasteiger partial charge < -0.3 is 4.90 Å². The van der Waals surface area contributed by atoms with E-state index in [0.29, 0.717) is 23.8 Å². The first-order valence-electron chi connectivity index (χ1n) is 12.8. The molecule has 33 heavy (non-hydrogen) atoms. The molecule has 178 valence electrons. The fourth-order valence-corrected chi connectivity index (χ4v) is 6.81. The molecule has 1 fully saturated rings. The number of carbonyl (C=O) groups excluding carboxylic acids is 1. The minimum absolute atomic E-state index is 0.106. The Morgan fingerprint density at radius 2 is 1.85 bits per heavy atom. The Kier molecular flexibility index (Phi) is 6.82. The number of hydrogen-bond acceptors (Lipinski definition) is 2. The van der Waals surface area contributed by atoms with E-state index in [2.05, 4.69) is 57.8 Å². The first-order chi connectivity index (χ1) is 15.6. The molecule has 0 spiro atoms. The van der Waals surface area contributed by atoms with Crippen LogP contribution in [0.4, 0.5) is 4.39 Å². The second-order valence-electron chi connectivity index (χ2n) is 11.2. The third-order valence-electron chi connectivity index (χ3n) is 8.95. The highest BCUT2D eigenvalue weighted by atomic mass is 19.1. The van der Waals surface area contributed by atoms with E-state index in [-0.39, 0.29) is 22.6 Å². The van der Waals surface area contributed by atoms with Gasteiger partial charge in [-0.25, -0.2) is 4.39 Å². The van der Waals surface area contributed by atoms with Crippen LogP contribution in [0.2, 0.25) is 0 Å². The lowest BCUT2D eigenvalue weighted by Crippen LogP contribution is -2.60. The van der Waals surface area contributed by atoms with Crippen LogP contribution in [-0.4, -0.2) is 29.8 Å². The fourth-order valence-electron chi connectivity index (χ4n) is 6.81. The van der Waals surface area contributed by atoms with Crippen molar-refractivity contribution in [3.05, 3.63) is 70.5 Å². The van der Waals surface area contributed by atoms with Gasteiger partial charge in [0.05, 0.1) is 0 Å². The van der Waals surface area contributed by atoms with Gasteiger partial charge in [-0.15, -0.1) is 0 Å². The lowest BCUT2D eigenvalue weighted by molar-refractivity contribution is -0.0208. The van der Waals surface area contributed by atoms with Crippen molar-refractivity contribution in [2.24, 2.45) is 5.92 Å². The summed E-state index contributed by atoms with van der Waals surface area (Å²) in [4.78, 5) is 15.1. The summed E-state index contributed by atoms with van der Waals surface area (Å²) in [7, 11) is 2.26. The number of Topliss-reactive ketones (excluding diaryl/α,β-unsaturated/α-hetero) is 1. The Labute approximate surface area is 199 Å². The summed E-state index contributed by atoms with van der Waals surface area (Å²) < 4.78 is 13.2. The largest absolute Gasteiger partial charge is 0.301 e. The van der Waals surface area contributed by atoms with Gasteiger partial charge in [0, 0.05) is 17.5 Å². The van der Waals surface area contributed by atoms with Crippen molar-refractivity contribution in [1.29, 1.82) is 0 Å². The van der Waals surface area contributed by atoms with Gasteiger partial charge in [0.2, 0.25) is 0 Å². The van der Waals surface area contributed by atoms with Gasteiger partial charge in [0.25, 0.3) is 0 Å². The molecule has 0 aromatic heterocycles. The average molecular weight is 450 g/mol. The maximum absolute atomic E-state index is 13.2. The molecule has 2 aromatic carbocycles. The Morgan fingerprint density at radius 1 is 1.12 bits per heavy atom. The number of benzene rings is 2. The van der Waals surface area contributed by atoms with Gasteiger partial charge in [-0.05, 0) is 111 Å².